The molecule has 0 aromatic rings. The van der Waals surface area contributed by atoms with E-state index >= 15 is 0 Å². The summed E-state index contributed by atoms with van der Waals surface area (Å²) in [6.07, 6.45) is 2.89. The first-order valence-corrected chi connectivity index (χ1v) is 4.80. The molecule has 1 atom stereocenters. The van der Waals surface area contributed by atoms with Gasteiger partial charge < -0.3 is 4.90 Å². The van der Waals surface area contributed by atoms with E-state index in [9.17, 15) is 4.79 Å². The van der Waals surface area contributed by atoms with E-state index in [1.54, 1.807) is 0 Å². The van der Waals surface area contributed by atoms with E-state index in [4.69, 9.17) is 0 Å². The summed E-state index contributed by atoms with van der Waals surface area (Å²) in [5.74, 6) is 0.461. The van der Waals surface area contributed by atoms with E-state index in [1.807, 2.05) is 0 Å². The number of piperidine rings is 1. The minimum atomic E-state index is -0.0538. The fraction of sp³-hybridized carbons (Fsp3) is 0.900. The minimum absolute atomic E-state index is 0.0538. The van der Waals surface area contributed by atoms with Crippen LogP contribution in [0.4, 0.5) is 0 Å². The zero-order valence-electron chi connectivity index (χ0n) is 8.39. The van der Waals surface area contributed by atoms with Gasteiger partial charge in [0.25, 0.3) is 0 Å². The first-order chi connectivity index (χ1) is 5.58. The molecule has 0 N–H and O–H groups in total. The lowest BCUT2D eigenvalue weighted by molar-refractivity contribution is -0.132. The van der Waals surface area contributed by atoms with Crippen LogP contribution in [-0.4, -0.2) is 30.8 Å². The van der Waals surface area contributed by atoms with E-state index in [1.165, 1.54) is 0 Å². The zero-order chi connectivity index (χ0) is 9.19. The van der Waals surface area contributed by atoms with Crippen molar-refractivity contribution in [1.82, 2.24) is 4.90 Å². The molecule has 0 bridgehead atoms. The lowest BCUT2D eigenvalue weighted by atomic mass is 9.77. The summed E-state index contributed by atoms with van der Waals surface area (Å²) in [6, 6.07) is 0. The molecule has 0 aliphatic carbocycles. The maximum Gasteiger partial charge on any atom is 0.141 e. The van der Waals surface area contributed by atoms with Gasteiger partial charge in [0.15, 0.2) is 0 Å². The van der Waals surface area contributed by atoms with Crippen molar-refractivity contribution in [1.29, 1.82) is 0 Å². The zero-order valence-corrected chi connectivity index (χ0v) is 8.39. The predicted octanol–water partition coefficient (Wildman–Crippen LogP) is 1.70. The third-order valence-electron chi connectivity index (χ3n) is 2.81. The number of carbonyl (C=O) groups is 1. The van der Waals surface area contributed by atoms with Crippen molar-refractivity contribution >= 4 is 5.78 Å². The van der Waals surface area contributed by atoms with E-state index < -0.39 is 0 Å². The number of nitrogens with zero attached hydrogens (tertiary/aromatic N) is 1. The number of carbonyl (C=O) groups excluding carboxylic acids is 1. The molecule has 0 amide bonds. The SMILES string of the molecule is CCCC1(C)CN(C)CCC1=O. The van der Waals surface area contributed by atoms with Gasteiger partial charge in [-0.25, -0.2) is 0 Å². The number of Topliss-reactive ketones (excluding diaryl/α,β-unsaturated/α-hetero) is 1. The predicted molar refractivity (Wildman–Crippen MR) is 50.1 cm³/mol. The molecule has 1 aliphatic heterocycles. The highest BCUT2D eigenvalue weighted by atomic mass is 16.1. The van der Waals surface area contributed by atoms with Crippen molar-refractivity contribution in [3.63, 3.8) is 0 Å². The quantitative estimate of drug-likeness (QED) is 0.627. The molecule has 0 spiro atoms. The van der Waals surface area contributed by atoms with Crippen molar-refractivity contribution < 1.29 is 4.79 Å². The Morgan fingerprint density at radius 3 is 2.83 bits per heavy atom. The number of rotatable bonds is 2. The van der Waals surface area contributed by atoms with Crippen LogP contribution in [0, 0.1) is 5.41 Å². The molecule has 1 fully saturated rings. The molecule has 0 saturated carbocycles. The summed E-state index contributed by atoms with van der Waals surface area (Å²) < 4.78 is 0. The Bertz CT molecular complexity index is 179. The molecule has 0 aromatic carbocycles. The number of hydrogen-bond donors (Lipinski definition) is 0. The molecule has 70 valence electrons. The molecule has 1 unspecified atom stereocenters. The highest BCUT2D eigenvalue weighted by Crippen LogP contribution is 2.30. The summed E-state index contributed by atoms with van der Waals surface area (Å²) >= 11 is 0. The van der Waals surface area contributed by atoms with Gasteiger partial charge in [-0.05, 0) is 13.5 Å². The lowest BCUT2D eigenvalue weighted by Crippen LogP contribution is -2.45. The summed E-state index contributed by atoms with van der Waals surface area (Å²) in [6.45, 7) is 6.14. The van der Waals surface area contributed by atoms with Gasteiger partial charge in [-0.2, -0.15) is 0 Å². The Balaban J connectivity index is 2.64. The van der Waals surface area contributed by atoms with Crippen LogP contribution in [0.25, 0.3) is 0 Å². The van der Waals surface area contributed by atoms with Gasteiger partial charge >= 0.3 is 0 Å². The summed E-state index contributed by atoms with van der Waals surface area (Å²) in [4.78, 5) is 13.9. The van der Waals surface area contributed by atoms with E-state index in [0.717, 1.165) is 32.4 Å². The molecule has 12 heavy (non-hydrogen) atoms. The van der Waals surface area contributed by atoms with E-state index in [-0.39, 0.29) is 5.41 Å². The molecule has 0 aromatic heterocycles. The van der Waals surface area contributed by atoms with Gasteiger partial charge in [-0.1, -0.05) is 20.3 Å². The second kappa shape index (κ2) is 3.56. The van der Waals surface area contributed by atoms with E-state index in [0.29, 0.717) is 5.78 Å². The van der Waals surface area contributed by atoms with Crippen LogP contribution >= 0.6 is 0 Å². The highest BCUT2D eigenvalue weighted by Gasteiger charge is 2.36. The van der Waals surface area contributed by atoms with Crippen LogP contribution < -0.4 is 0 Å². The Morgan fingerprint density at radius 2 is 2.25 bits per heavy atom. The average Bonchev–Trinajstić information content (AvgIpc) is 1.98. The van der Waals surface area contributed by atoms with Crippen molar-refractivity contribution in [2.75, 3.05) is 20.1 Å². The highest BCUT2D eigenvalue weighted by molar-refractivity contribution is 5.85. The van der Waals surface area contributed by atoms with Crippen LogP contribution in [-0.2, 0) is 4.79 Å². The molecular formula is C10H19NO. The second-order valence-corrected chi connectivity index (χ2v) is 4.22. The Labute approximate surface area is 74.9 Å². The molecule has 1 heterocycles. The van der Waals surface area contributed by atoms with Crippen molar-refractivity contribution in [3.8, 4) is 0 Å². The lowest BCUT2D eigenvalue weighted by Gasteiger charge is -2.37. The van der Waals surface area contributed by atoms with E-state index in [2.05, 4.69) is 25.8 Å². The Kier molecular flexibility index (Phi) is 2.89. The standard InChI is InChI=1S/C10H19NO/c1-4-6-10(2)8-11(3)7-5-9(10)12/h4-8H2,1-3H3. The van der Waals surface area contributed by atoms with Gasteiger partial charge in [0.1, 0.15) is 5.78 Å². The van der Waals surface area contributed by atoms with Crippen molar-refractivity contribution in [2.45, 2.75) is 33.1 Å². The molecule has 1 aliphatic rings. The van der Waals surface area contributed by atoms with Crippen LogP contribution in [0.1, 0.15) is 33.1 Å². The molecule has 2 nitrogen and oxygen atoms in total. The number of likely N-dealkylation sites (tertiary alicyclic amines) is 1. The largest absolute Gasteiger partial charge is 0.305 e. The third kappa shape index (κ3) is 1.86. The topological polar surface area (TPSA) is 20.3 Å². The fourth-order valence-corrected chi connectivity index (χ4v) is 2.13. The van der Waals surface area contributed by atoms with Crippen LogP contribution in [0.5, 0.6) is 0 Å². The Morgan fingerprint density at radius 1 is 1.58 bits per heavy atom. The number of hydrogen-bond acceptors (Lipinski definition) is 2. The first-order valence-electron chi connectivity index (χ1n) is 4.80. The maximum atomic E-state index is 11.6. The Hall–Kier alpha value is -0.370. The maximum absolute atomic E-state index is 11.6. The molecule has 2 heteroatoms. The summed E-state index contributed by atoms with van der Waals surface area (Å²) in [5, 5.41) is 0. The van der Waals surface area contributed by atoms with Gasteiger partial charge in [0.2, 0.25) is 0 Å². The van der Waals surface area contributed by atoms with Gasteiger partial charge in [-0.3, -0.25) is 4.79 Å². The minimum Gasteiger partial charge on any atom is -0.305 e. The molecule has 1 rings (SSSR count). The first kappa shape index (κ1) is 9.72. The molecule has 1 saturated heterocycles. The van der Waals surface area contributed by atoms with Crippen molar-refractivity contribution in [3.05, 3.63) is 0 Å². The van der Waals surface area contributed by atoms with Crippen LogP contribution in [0.3, 0.4) is 0 Å². The third-order valence-corrected chi connectivity index (χ3v) is 2.81. The molecular weight excluding hydrogens is 150 g/mol. The van der Waals surface area contributed by atoms with Crippen molar-refractivity contribution in [2.24, 2.45) is 5.41 Å². The fourth-order valence-electron chi connectivity index (χ4n) is 2.13. The normalized spacial score (nSPS) is 32.4. The van der Waals surface area contributed by atoms with Gasteiger partial charge in [0.05, 0.1) is 0 Å². The smallest absolute Gasteiger partial charge is 0.141 e. The summed E-state index contributed by atoms with van der Waals surface area (Å²) in [5.41, 5.74) is -0.0538. The number of ketones is 1. The average molecular weight is 169 g/mol. The molecule has 0 radical (unpaired) electrons. The summed E-state index contributed by atoms with van der Waals surface area (Å²) in [7, 11) is 2.10. The monoisotopic (exact) mass is 169 g/mol. The van der Waals surface area contributed by atoms with Crippen LogP contribution in [0.15, 0.2) is 0 Å². The van der Waals surface area contributed by atoms with Gasteiger partial charge in [-0.15, -0.1) is 0 Å². The van der Waals surface area contributed by atoms with Crippen LogP contribution in [0.2, 0.25) is 0 Å². The second-order valence-electron chi connectivity index (χ2n) is 4.22. The van der Waals surface area contributed by atoms with Gasteiger partial charge in [0, 0.05) is 24.9 Å².